The number of rotatable bonds is 3. The summed E-state index contributed by atoms with van der Waals surface area (Å²) >= 11 is 1.98. The zero-order chi connectivity index (χ0) is 11.7. The molecule has 2 heterocycles. The zero-order valence-corrected chi connectivity index (χ0v) is 11.3. The third-order valence-corrected chi connectivity index (χ3v) is 5.46. The second-order valence-corrected chi connectivity index (χ2v) is 6.75. The van der Waals surface area contributed by atoms with Crippen LogP contribution in [0, 0.1) is 11.8 Å². The molecule has 2 unspecified atom stereocenters. The molecule has 1 saturated carbocycles. The average molecular weight is 254 g/mol. The monoisotopic (exact) mass is 254 g/mol. The Kier molecular flexibility index (Phi) is 3.61. The Morgan fingerprint density at radius 1 is 1.29 bits per heavy atom. The molecule has 2 fully saturated rings. The van der Waals surface area contributed by atoms with E-state index >= 15 is 0 Å². The summed E-state index contributed by atoms with van der Waals surface area (Å²) in [4.78, 5) is 4.65. The Bertz CT molecular complexity index is 298. The SMILES string of the molecule is CC(NC1=NCC(C2CC2)S1)C1CCOCC1. The van der Waals surface area contributed by atoms with Gasteiger partial charge in [0.15, 0.2) is 5.17 Å². The molecule has 0 spiro atoms. The molecule has 1 N–H and O–H groups in total. The van der Waals surface area contributed by atoms with Crippen molar-refractivity contribution in [2.24, 2.45) is 16.8 Å². The lowest BCUT2D eigenvalue weighted by Crippen LogP contribution is -2.38. The highest BCUT2D eigenvalue weighted by atomic mass is 32.2. The van der Waals surface area contributed by atoms with Gasteiger partial charge in [-0.15, -0.1) is 0 Å². The van der Waals surface area contributed by atoms with Crippen LogP contribution in [0.4, 0.5) is 0 Å². The molecule has 4 heteroatoms. The van der Waals surface area contributed by atoms with E-state index in [-0.39, 0.29) is 0 Å². The van der Waals surface area contributed by atoms with E-state index < -0.39 is 0 Å². The molecule has 0 aromatic rings. The molecule has 0 amide bonds. The highest BCUT2D eigenvalue weighted by Gasteiger charge is 2.35. The Balaban J connectivity index is 1.46. The number of nitrogens with one attached hydrogen (secondary N) is 1. The van der Waals surface area contributed by atoms with Crippen LogP contribution in [0.1, 0.15) is 32.6 Å². The summed E-state index contributed by atoms with van der Waals surface area (Å²) in [5.74, 6) is 1.72. The molecule has 1 aliphatic carbocycles. The minimum atomic E-state index is 0.545. The fourth-order valence-electron chi connectivity index (χ4n) is 2.71. The quantitative estimate of drug-likeness (QED) is 0.839. The number of nitrogens with zero attached hydrogens (tertiary/aromatic N) is 1. The van der Waals surface area contributed by atoms with Gasteiger partial charge in [-0.2, -0.15) is 0 Å². The average Bonchev–Trinajstić information content (AvgIpc) is 3.12. The highest BCUT2D eigenvalue weighted by molar-refractivity contribution is 8.14. The Hall–Kier alpha value is -0.220. The van der Waals surface area contributed by atoms with Crippen molar-refractivity contribution in [1.82, 2.24) is 5.32 Å². The van der Waals surface area contributed by atoms with Gasteiger partial charge in [-0.1, -0.05) is 11.8 Å². The van der Waals surface area contributed by atoms with E-state index in [1.54, 1.807) is 0 Å². The fourth-order valence-corrected chi connectivity index (χ4v) is 4.02. The first-order valence-electron chi connectivity index (χ1n) is 6.88. The Morgan fingerprint density at radius 2 is 2.06 bits per heavy atom. The van der Waals surface area contributed by atoms with Crippen LogP contribution in [-0.4, -0.2) is 36.2 Å². The number of amidine groups is 1. The summed E-state index contributed by atoms with van der Waals surface area (Å²) in [7, 11) is 0. The number of aliphatic imine (C=N–C) groups is 1. The molecule has 0 aromatic carbocycles. The van der Waals surface area contributed by atoms with Gasteiger partial charge in [0.05, 0.1) is 6.54 Å². The van der Waals surface area contributed by atoms with Crippen molar-refractivity contribution in [2.45, 2.75) is 43.9 Å². The van der Waals surface area contributed by atoms with Crippen LogP contribution in [0.25, 0.3) is 0 Å². The van der Waals surface area contributed by atoms with Gasteiger partial charge in [-0.3, -0.25) is 4.99 Å². The van der Waals surface area contributed by atoms with Crippen LogP contribution in [0.15, 0.2) is 4.99 Å². The molecule has 96 valence electrons. The van der Waals surface area contributed by atoms with Gasteiger partial charge >= 0.3 is 0 Å². The maximum Gasteiger partial charge on any atom is 0.157 e. The van der Waals surface area contributed by atoms with Crippen LogP contribution < -0.4 is 5.32 Å². The van der Waals surface area contributed by atoms with Crippen LogP contribution in [0.5, 0.6) is 0 Å². The molecule has 3 aliphatic rings. The summed E-state index contributed by atoms with van der Waals surface area (Å²) < 4.78 is 5.41. The van der Waals surface area contributed by atoms with E-state index in [4.69, 9.17) is 4.74 Å². The van der Waals surface area contributed by atoms with E-state index in [0.717, 1.165) is 36.8 Å². The van der Waals surface area contributed by atoms with Gasteiger partial charge in [0.2, 0.25) is 0 Å². The van der Waals surface area contributed by atoms with Crippen molar-refractivity contribution in [3.63, 3.8) is 0 Å². The predicted molar refractivity (Wildman–Crippen MR) is 72.5 cm³/mol. The second kappa shape index (κ2) is 5.19. The Morgan fingerprint density at radius 3 is 2.76 bits per heavy atom. The summed E-state index contributed by atoms with van der Waals surface area (Å²) in [6, 6.07) is 0.545. The molecule has 3 nitrogen and oxygen atoms in total. The fraction of sp³-hybridized carbons (Fsp3) is 0.923. The smallest absolute Gasteiger partial charge is 0.157 e. The van der Waals surface area contributed by atoms with Gasteiger partial charge in [-0.05, 0) is 44.4 Å². The number of ether oxygens (including phenoxy) is 1. The van der Waals surface area contributed by atoms with Gasteiger partial charge in [0.25, 0.3) is 0 Å². The molecule has 3 rings (SSSR count). The van der Waals surface area contributed by atoms with E-state index in [1.807, 2.05) is 11.8 Å². The van der Waals surface area contributed by atoms with E-state index in [2.05, 4.69) is 17.2 Å². The molecule has 0 radical (unpaired) electrons. The Labute approximate surface area is 108 Å². The van der Waals surface area contributed by atoms with Crippen LogP contribution in [0.2, 0.25) is 0 Å². The van der Waals surface area contributed by atoms with Crippen LogP contribution >= 0.6 is 11.8 Å². The van der Waals surface area contributed by atoms with Gasteiger partial charge < -0.3 is 10.1 Å². The minimum absolute atomic E-state index is 0.545. The normalized spacial score (nSPS) is 32.3. The van der Waals surface area contributed by atoms with E-state index in [0.29, 0.717) is 6.04 Å². The van der Waals surface area contributed by atoms with Gasteiger partial charge in [0, 0.05) is 24.5 Å². The van der Waals surface area contributed by atoms with Crippen molar-refractivity contribution in [2.75, 3.05) is 19.8 Å². The molecule has 0 aromatic heterocycles. The third-order valence-electron chi connectivity index (χ3n) is 4.15. The third kappa shape index (κ3) is 2.97. The molecular weight excluding hydrogens is 232 g/mol. The minimum Gasteiger partial charge on any atom is -0.381 e. The maximum absolute atomic E-state index is 5.41. The zero-order valence-electron chi connectivity index (χ0n) is 10.5. The number of thioether (sulfide) groups is 1. The lowest BCUT2D eigenvalue weighted by molar-refractivity contribution is 0.0583. The molecular formula is C13H22N2OS. The first-order chi connectivity index (χ1) is 8.33. The maximum atomic E-state index is 5.41. The standard InChI is InChI=1S/C13H22N2OS/c1-9(10-4-6-16-7-5-10)15-13-14-8-12(17-13)11-2-3-11/h9-12H,2-8H2,1H3,(H,14,15). The van der Waals surface area contributed by atoms with E-state index in [9.17, 15) is 0 Å². The molecule has 0 bridgehead atoms. The lowest BCUT2D eigenvalue weighted by Gasteiger charge is -2.28. The van der Waals surface area contributed by atoms with Gasteiger partial charge in [0.1, 0.15) is 0 Å². The first-order valence-corrected chi connectivity index (χ1v) is 7.76. The van der Waals surface area contributed by atoms with Crippen molar-refractivity contribution in [1.29, 1.82) is 0 Å². The molecule has 17 heavy (non-hydrogen) atoms. The van der Waals surface area contributed by atoms with E-state index in [1.165, 1.54) is 30.9 Å². The highest BCUT2D eigenvalue weighted by Crippen LogP contribution is 2.41. The second-order valence-electron chi connectivity index (χ2n) is 5.52. The van der Waals surface area contributed by atoms with Crippen molar-refractivity contribution in [3.05, 3.63) is 0 Å². The summed E-state index contributed by atoms with van der Waals surface area (Å²) in [6.07, 6.45) is 5.24. The van der Waals surface area contributed by atoms with Crippen LogP contribution in [-0.2, 0) is 4.74 Å². The van der Waals surface area contributed by atoms with Crippen LogP contribution in [0.3, 0.4) is 0 Å². The number of hydrogen-bond donors (Lipinski definition) is 1. The molecule has 1 saturated heterocycles. The summed E-state index contributed by atoms with van der Waals surface area (Å²) in [6.45, 7) is 5.20. The van der Waals surface area contributed by atoms with Gasteiger partial charge in [-0.25, -0.2) is 0 Å². The van der Waals surface area contributed by atoms with Crippen molar-refractivity contribution in [3.8, 4) is 0 Å². The first kappa shape index (κ1) is 11.8. The summed E-state index contributed by atoms with van der Waals surface area (Å²) in [5.41, 5.74) is 0. The topological polar surface area (TPSA) is 33.6 Å². The molecule has 2 aliphatic heterocycles. The van der Waals surface area contributed by atoms with Crippen molar-refractivity contribution >= 4 is 16.9 Å². The molecule has 2 atom stereocenters. The largest absolute Gasteiger partial charge is 0.381 e. The lowest BCUT2D eigenvalue weighted by atomic mass is 9.93. The summed E-state index contributed by atoms with van der Waals surface area (Å²) in [5, 5.41) is 5.59. The van der Waals surface area contributed by atoms with Crippen molar-refractivity contribution < 1.29 is 4.74 Å². The number of hydrogen-bond acceptors (Lipinski definition) is 4. The predicted octanol–water partition coefficient (Wildman–Crippen LogP) is 2.27.